The van der Waals surface area contributed by atoms with Crippen LogP contribution in [0.5, 0.6) is 0 Å². The minimum atomic E-state index is -3.31. The lowest BCUT2D eigenvalue weighted by Crippen LogP contribution is -2.35. The van der Waals surface area contributed by atoms with Crippen molar-refractivity contribution in [2.75, 3.05) is 29.4 Å². The normalized spacial score (nSPS) is 15.4. The molecule has 1 saturated heterocycles. The quantitative estimate of drug-likeness (QED) is 0.504. The molecular weight excluding hydrogens is 426 g/mol. The molecule has 2 aromatic carbocycles. The molecule has 3 aromatic rings. The molecule has 0 amide bonds. The van der Waals surface area contributed by atoms with E-state index in [-0.39, 0.29) is 6.10 Å². The zero-order valence-electron chi connectivity index (χ0n) is 17.9. The zero-order valence-corrected chi connectivity index (χ0v) is 18.7. The SMILES string of the molecule is CS(=O)(=O)Nc1ccc(-c2ccnc(Nc3cccc(CN4CCC(O)CC4)c3)n2)cc1. The summed E-state index contributed by atoms with van der Waals surface area (Å²) in [5.41, 5.74) is 4.19. The molecule has 0 unspecified atom stereocenters. The van der Waals surface area contributed by atoms with Gasteiger partial charge in [-0.3, -0.25) is 9.62 Å². The van der Waals surface area contributed by atoms with E-state index in [1.807, 2.05) is 30.3 Å². The topological polar surface area (TPSA) is 107 Å². The predicted molar refractivity (Wildman–Crippen MR) is 126 cm³/mol. The van der Waals surface area contributed by atoms with E-state index in [0.29, 0.717) is 11.6 Å². The summed E-state index contributed by atoms with van der Waals surface area (Å²) in [5, 5.41) is 13.0. The standard InChI is InChI=1S/C23H27N5O3S/c1-32(30,31)27-19-7-5-18(6-8-19)22-9-12-24-23(26-22)25-20-4-2-3-17(15-20)16-28-13-10-21(29)11-14-28/h2-9,12,15,21,27,29H,10-11,13-14,16H2,1H3,(H,24,25,26). The van der Waals surface area contributed by atoms with E-state index >= 15 is 0 Å². The summed E-state index contributed by atoms with van der Waals surface area (Å²) in [5.74, 6) is 0.485. The van der Waals surface area contributed by atoms with Gasteiger partial charge in [0.15, 0.2) is 0 Å². The van der Waals surface area contributed by atoms with Crippen molar-refractivity contribution >= 4 is 27.3 Å². The van der Waals surface area contributed by atoms with Gasteiger partial charge in [0.2, 0.25) is 16.0 Å². The summed E-state index contributed by atoms with van der Waals surface area (Å²) in [4.78, 5) is 11.3. The largest absolute Gasteiger partial charge is 0.393 e. The maximum atomic E-state index is 11.4. The number of likely N-dealkylation sites (tertiary alicyclic amines) is 1. The first kappa shape index (κ1) is 22.2. The number of rotatable bonds is 7. The maximum absolute atomic E-state index is 11.4. The number of aliphatic hydroxyl groups excluding tert-OH is 1. The van der Waals surface area contributed by atoms with Crippen LogP contribution in [0.1, 0.15) is 18.4 Å². The van der Waals surface area contributed by atoms with Crippen LogP contribution >= 0.6 is 0 Å². The van der Waals surface area contributed by atoms with Gasteiger partial charge in [-0.1, -0.05) is 24.3 Å². The number of aliphatic hydroxyl groups is 1. The Labute approximate surface area is 188 Å². The van der Waals surface area contributed by atoms with Gasteiger partial charge in [-0.25, -0.2) is 18.4 Å². The van der Waals surface area contributed by atoms with E-state index in [2.05, 4.69) is 37.0 Å². The highest BCUT2D eigenvalue weighted by atomic mass is 32.2. The molecular formula is C23H27N5O3S. The Morgan fingerprint density at radius 2 is 1.81 bits per heavy atom. The molecule has 1 aliphatic heterocycles. The molecule has 1 aliphatic rings. The van der Waals surface area contributed by atoms with Crippen LogP contribution in [0.4, 0.5) is 17.3 Å². The van der Waals surface area contributed by atoms with Gasteiger partial charge in [-0.05, 0) is 48.7 Å². The number of hydrogen-bond donors (Lipinski definition) is 3. The first-order chi connectivity index (χ1) is 15.3. The van der Waals surface area contributed by atoms with Crippen LogP contribution < -0.4 is 10.0 Å². The molecule has 0 spiro atoms. The average Bonchev–Trinajstić information content (AvgIpc) is 2.75. The van der Waals surface area contributed by atoms with Gasteiger partial charge in [-0.15, -0.1) is 0 Å². The van der Waals surface area contributed by atoms with E-state index in [0.717, 1.165) is 55.7 Å². The minimum Gasteiger partial charge on any atom is -0.393 e. The van der Waals surface area contributed by atoms with Crippen LogP contribution in [-0.2, 0) is 16.6 Å². The molecule has 9 heteroatoms. The molecule has 0 bridgehead atoms. The van der Waals surface area contributed by atoms with Crippen molar-refractivity contribution in [1.29, 1.82) is 0 Å². The number of benzene rings is 2. The lowest BCUT2D eigenvalue weighted by molar-refractivity contribution is 0.0792. The van der Waals surface area contributed by atoms with Crippen LogP contribution in [0.2, 0.25) is 0 Å². The van der Waals surface area contributed by atoms with Crippen molar-refractivity contribution in [1.82, 2.24) is 14.9 Å². The van der Waals surface area contributed by atoms with Crippen LogP contribution in [0.25, 0.3) is 11.3 Å². The van der Waals surface area contributed by atoms with Gasteiger partial charge in [-0.2, -0.15) is 0 Å². The smallest absolute Gasteiger partial charge is 0.229 e. The van der Waals surface area contributed by atoms with Crippen molar-refractivity contribution in [2.45, 2.75) is 25.5 Å². The summed E-state index contributed by atoms with van der Waals surface area (Å²) >= 11 is 0. The van der Waals surface area contributed by atoms with Crippen molar-refractivity contribution in [3.63, 3.8) is 0 Å². The Balaban J connectivity index is 1.44. The summed E-state index contributed by atoms with van der Waals surface area (Å²) in [6, 6.07) is 17.0. The summed E-state index contributed by atoms with van der Waals surface area (Å²) in [6.45, 7) is 2.65. The fourth-order valence-corrected chi connectivity index (χ4v) is 4.28. The van der Waals surface area contributed by atoms with Crippen molar-refractivity contribution in [3.8, 4) is 11.3 Å². The summed E-state index contributed by atoms with van der Waals surface area (Å²) in [7, 11) is -3.31. The molecule has 2 heterocycles. The van der Waals surface area contributed by atoms with E-state index in [1.54, 1.807) is 18.3 Å². The Morgan fingerprint density at radius 3 is 2.53 bits per heavy atom. The Bertz CT molecular complexity index is 1160. The minimum absolute atomic E-state index is 0.171. The first-order valence-corrected chi connectivity index (χ1v) is 12.4. The van der Waals surface area contributed by atoms with Gasteiger partial charge in [0.25, 0.3) is 0 Å². The van der Waals surface area contributed by atoms with Crippen LogP contribution in [0.15, 0.2) is 60.8 Å². The highest BCUT2D eigenvalue weighted by Crippen LogP contribution is 2.23. The molecule has 168 valence electrons. The van der Waals surface area contributed by atoms with Gasteiger partial charge in [0, 0.05) is 42.8 Å². The highest BCUT2D eigenvalue weighted by molar-refractivity contribution is 7.92. The zero-order chi connectivity index (χ0) is 22.6. The Hall–Kier alpha value is -3.01. The molecule has 3 N–H and O–H groups in total. The highest BCUT2D eigenvalue weighted by Gasteiger charge is 2.17. The second-order valence-corrected chi connectivity index (χ2v) is 9.80. The lowest BCUT2D eigenvalue weighted by atomic mass is 10.1. The molecule has 0 aliphatic carbocycles. The third-order valence-electron chi connectivity index (χ3n) is 5.29. The predicted octanol–water partition coefficient (Wildman–Crippen LogP) is 3.22. The molecule has 0 atom stereocenters. The molecule has 1 fully saturated rings. The van der Waals surface area contributed by atoms with E-state index < -0.39 is 10.0 Å². The second kappa shape index (κ2) is 9.64. The molecule has 32 heavy (non-hydrogen) atoms. The molecule has 0 saturated carbocycles. The van der Waals surface area contributed by atoms with Crippen LogP contribution in [0, 0.1) is 0 Å². The van der Waals surface area contributed by atoms with Gasteiger partial charge in [0.05, 0.1) is 18.1 Å². The second-order valence-electron chi connectivity index (χ2n) is 8.05. The van der Waals surface area contributed by atoms with E-state index in [9.17, 15) is 13.5 Å². The van der Waals surface area contributed by atoms with E-state index in [1.165, 1.54) is 5.56 Å². The summed E-state index contributed by atoms with van der Waals surface area (Å²) < 4.78 is 25.2. The number of hydrogen-bond acceptors (Lipinski definition) is 7. The molecule has 1 aromatic heterocycles. The third kappa shape index (κ3) is 6.25. The number of aromatic nitrogens is 2. The van der Waals surface area contributed by atoms with Crippen molar-refractivity contribution < 1.29 is 13.5 Å². The van der Waals surface area contributed by atoms with Gasteiger partial charge < -0.3 is 10.4 Å². The number of sulfonamides is 1. The number of nitrogens with one attached hydrogen (secondary N) is 2. The van der Waals surface area contributed by atoms with E-state index in [4.69, 9.17) is 0 Å². The fraction of sp³-hybridized carbons (Fsp3) is 0.304. The lowest BCUT2D eigenvalue weighted by Gasteiger charge is -2.29. The summed E-state index contributed by atoms with van der Waals surface area (Å²) in [6.07, 6.45) is 4.29. The third-order valence-corrected chi connectivity index (χ3v) is 5.89. The first-order valence-electron chi connectivity index (χ1n) is 10.5. The molecule has 4 rings (SSSR count). The number of nitrogens with zero attached hydrogens (tertiary/aromatic N) is 3. The fourth-order valence-electron chi connectivity index (χ4n) is 3.71. The maximum Gasteiger partial charge on any atom is 0.229 e. The van der Waals surface area contributed by atoms with Crippen molar-refractivity contribution in [3.05, 3.63) is 66.4 Å². The molecule has 0 radical (unpaired) electrons. The van der Waals surface area contributed by atoms with Crippen LogP contribution in [0.3, 0.4) is 0 Å². The van der Waals surface area contributed by atoms with Gasteiger partial charge >= 0.3 is 0 Å². The average molecular weight is 454 g/mol. The Morgan fingerprint density at radius 1 is 1.06 bits per heavy atom. The Kier molecular flexibility index (Phi) is 6.69. The van der Waals surface area contributed by atoms with Crippen LogP contribution in [-0.4, -0.2) is 53.8 Å². The monoisotopic (exact) mass is 453 g/mol. The van der Waals surface area contributed by atoms with Gasteiger partial charge in [0.1, 0.15) is 0 Å². The molecule has 8 nitrogen and oxygen atoms in total. The number of anilines is 3. The number of piperidine rings is 1. The van der Waals surface area contributed by atoms with Crippen molar-refractivity contribution in [2.24, 2.45) is 0 Å².